The molecule has 164 valence electrons. The molecule has 8 heteroatoms. The summed E-state index contributed by atoms with van der Waals surface area (Å²) in [5.74, 6) is 0.324. The minimum absolute atomic E-state index is 0.00533. The molecule has 0 atom stereocenters. The van der Waals surface area contributed by atoms with Gasteiger partial charge in [-0.1, -0.05) is 6.92 Å². The molecular weight excluding hydrogens is 402 g/mol. The van der Waals surface area contributed by atoms with Crippen LogP contribution in [0, 0.1) is 5.92 Å². The van der Waals surface area contributed by atoms with Crippen LogP contribution >= 0.6 is 0 Å². The Balaban J connectivity index is 1.63. The van der Waals surface area contributed by atoms with E-state index in [0.29, 0.717) is 30.3 Å². The van der Waals surface area contributed by atoms with Crippen LogP contribution in [0.5, 0.6) is 0 Å². The molecule has 3 aliphatic rings. The van der Waals surface area contributed by atoms with E-state index >= 15 is 0 Å². The van der Waals surface area contributed by atoms with Gasteiger partial charge in [0.1, 0.15) is 6.54 Å². The van der Waals surface area contributed by atoms with E-state index in [2.05, 4.69) is 6.92 Å². The standard InChI is InChI=1S/C22H31N3O4S/c1-16-8-12-24(13-9-16)30(28,29)17-6-7-19-18(14-17)22(2,3)21(27)25(19)15-20(26)23-10-4-5-11-23/h6-7,14,16H,4-5,8-13,15H2,1-3H3. The van der Waals surface area contributed by atoms with Crippen molar-refractivity contribution in [2.24, 2.45) is 5.92 Å². The summed E-state index contributed by atoms with van der Waals surface area (Å²) in [5, 5.41) is 0. The fourth-order valence-corrected chi connectivity index (χ4v) is 6.20. The highest BCUT2D eigenvalue weighted by atomic mass is 32.2. The van der Waals surface area contributed by atoms with E-state index in [1.165, 1.54) is 4.90 Å². The van der Waals surface area contributed by atoms with E-state index in [1.807, 2.05) is 0 Å². The smallest absolute Gasteiger partial charge is 0.243 e. The molecule has 1 aromatic rings. The van der Waals surface area contributed by atoms with Crippen molar-refractivity contribution < 1.29 is 18.0 Å². The van der Waals surface area contributed by atoms with E-state index in [0.717, 1.165) is 38.8 Å². The number of fused-ring (bicyclic) bond motifs is 1. The van der Waals surface area contributed by atoms with Crippen LogP contribution in [0.4, 0.5) is 5.69 Å². The number of carbonyl (C=O) groups is 2. The minimum Gasteiger partial charge on any atom is -0.341 e. The number of hydrogen-bond donors (Lipinski definition) is 0. The zero-order valence-electron chi connectivity index (χ0n) is 18.1. The van der Waals surface area contributed by atoms with E-state index in [1.54, 1.807) is 41.3 Å². The molecule has 30 heavy (non-hydrogen) atoms. The summed E-state index contributed by atoms with van der Waals surface area (Å²) in [6, 6.07) is 4.91. The van der Waals surface area contributed by atoms with Gasteiger partial charge in [0, 0.05) is 31.9 Å². The van der Waals surface area contributed by atoms with Crippen molar-refractivity contribution in [2.45, 2.75) is 56.8 Å². The monoisotopic (exact) mass is 433 g/mol. The van der Waals surface area contributed by atoms with E-state index in [4.69, 9.17) is 0 Å². The summed E-state index contributed by atoms with van der Waals surface area (Å²) in [4.78, 5) is 29.3. The van der Waals surface area contributed by atoms with Crippen LogP contribution < -0.4 is 4.90 Å². The molecule has 0 aliphatic carbocycles. The normalized spacial score (nSPS) is 22.6. The first-order valence-corrected chi connectivity index (χ1v) is 12.3. The third-order valence-corrected chi connectivity index (χ3v) is 8.74. The second kappa shape index (κ2) is 7.64. The van der Waals surface area contributed by atoms with Crippen LogP contribution in [-0.4, -0.2) is 62.2 Å². The van der Waals surface area contributed by atoms with Crippen LogP contribution in [0.2, 0.25) is 0 Å². The van der Waals surface area contributed by atoms with Crippen LogP contribution in [0.15, 0.2) is 23.1 Å². The van der Waals surface area contributed by atoms with Gasteiger partial charge in [0.05, 0.1) is 10.3 Å². The molecule has 3 heterocycles. The first-order chi connectivity index (χ1) is 14.1. The molecule has 0 spiro atoms. The second-order valence-corrected chi connectivity index (χ2v) is 11.3. The van der Waals surface area contributed by atoms with E-state index < -0.39 is 15.4 Å². The summed E-state index contributed by atoms with van der Waals surface area (Å²) < 4.78 is 27.9. The van der Waals surface area contributed by atoms with Crippen molar-refractivity contribution in [2.75, 3.05) is 37.6 Å². The van der Waals surface area contributed by atoms with Crippen molar-refractivity contribution in [3.63, 3.8) is 0 Å². The van der Waals surface area contributed by atoms with Gasteiger partial charge in [-0.2, -0.15) is 4.31 Å². The fraction of sp³-hybridized carbons (Fsp3) is 0.636. The quantitative estimate of drug-likeness (QED) is 0.730. The molecule has 3 aliphatic heterocycles. The number of hydrogen-bond acceptors (Lipinski definition) is 4. The van der Waals surface area contributed by atoms with Gasteiger partial charge in [-0.15, -0.1) is 0 Å². The van der Waals surface area contributed by atoms with Gasteiger partial charge in [-0.05, 0) is 69.2 Å². The van der Waals surface area contributed by atoms with Crippen molar-refractivity contribution >= 4 is 27.5 Å². The van der Waals surface area contributed by atoms with Crippen molar-refractivity contribution in [1.29, 1.82) is 0 Å². The highest BCUT2D eigenvalue weighted by Crippen LogP contribution is 2.43. The highest BCUT2D eigenvalue weighted by molar-refractivity contribution is 7.89. The van der Waals surface area contributed by atoms with Gasteiger partial charge < -0.3 is 9.80 Å². The third-order valence-electron chi connectivity index (χ3n) is 6.84. The maximum absolute atomic E-state index is 13.2. The molecule has 2 saturated heterocycles. The predicted molar refractivity (Wildman–Crippen MR) is 115 cm³/mol. The largest absolute Gasteiger partial charge is 0.341 e. The molecule has 0 radical (unpaired) electrons. The molecule has 2 amide bonds. The topological polar surface area (TPSA) is 78.0 Å². The zero-order valence-corrected chi connectivity index (χ0v) is 18.9. The predicted octanol–water partition coefficient (Wildman–Crippen LogP) is 2.35. The number of anilines is 1. The van der Waals surface area contributed by atoms with Crippen molar-refractivity contribution in [1.82, 2.24) is 9.21 Å². The Kier molecular flexibility index (Phi) is 5.43. The number of rotatable bonds is 4. The SMILES string of the molecule is CC1CCN(S(=O)(=O)c2ccc3c(c2)C(C)(C)C(=O)N3CC(=O)N2CCCC2)CC1. The van der Waals surface area contributed by atoms with Crippen molar-refractivity contribution in [3.05, 3.63) is 23.8 Å². The van der Waals surface area contributed by atoms with Crippen LogP contribution in [0.25, 0.3) is 0 Å². The van der Waals surface area contributed by atoms with Gasteiger partial charge in [0.25, 0.3) is 0 Å². The van der Waals surface area contributed by atoms with Gasteiger partial charge in [-0.25, -0.2) is 8.42 Å². The average molecular weight is 434 g/mol. The Morgan fingerprint density at radius 3 is 2.37 bits per heavy atom. The average Bonchev–Trinajstić information content (AvgIpc) is 3.31. The molecule has 2 fully saturated rings. The molecular formula is C22H31N3O4S. The first kappa shape index (κ1) is 21.3. The Bertz CT molecular complexity index is 959. The Hall–Kier alpha value is -1.93. The molecule has 7 nitrogen and oxygen atoms in total. The number of sulfonamides is 1. The minimum atomic E-state index is -3.60. The molecule has 0 saturated carbocycles. The lowest BCUT2D eigenvalue weighted by Crippen LogP contribution is -2.43. The van der Waals surface area contributed by atoms with E-state index in [9.17, 15) is 18.0 Å². The summed E-state index contributed by atoms with van der Waals surface area (Å²) in [6.07, 6.45) is 3.72. The molecule has 1 aromatic carbocycles. The third kappa shape index (κ3) is 3.54. The van der Waals surface area contributed by atoms with Crippen molar-refractivity contribution in [3.8, 4) is 0 Å². The molecule has 0 aromatic heterocycles. The van der Waals surface area contributed by atoms with Crippen LogP contribution in [-0.2, 0) is 25.0 Å². The number of benzene rings is 1. The van der Waals surface area contributed by atoms with Gasteiger partial charge in [0.15, 0.2) is 0 Å². The molecule has 0 unspecified atom stereocenters. The Morgan fingerprint density at radius 2 is 1.73 bits per heavy atom. The summed E-state index contributed by atoms with van der Waals surface area (Å²) in [6.45, 7) is 8.28. The van der Waals surface area contributed by atoms with Gasteiger partial charge >= 0.3 is 0 Å². The zero-order chi connectivity index (χ0) is 21.7. The highest BCUT2D eigenvalue weighted by Gasteiger charge is 2.45. The van der Waals surface area contributed by atoms with E-state index in [-0.39, 0.29) is 23.3 Å². The Morgan fingerprint density at radius 1 is 1.10 bits per heavy atom. The number of carbonyl (C=O) groups excluding carboxylic acids is 2. The maximum atomic E-state index is 13.2. The Labute approximate surface area is 179 Å². The van der Waals surface area contributed by atoms with Crippen LogP contribution in [0.3, 0.4) is 0 Å². The van der Waals surface area contributed by atoms with Gasteiger partial charge in [0.2, 0.25) is 21.8 Å². The molecule has 0 bridgehead atoms. The fourth-order valence-electron chi connectivity index (χ4n) is 4.71. The maximum Gasteiger partial charge on any atom is 0.243 e. The lowest BCUT2D eigenvalue weighted by atomic mass is 9.86. The summed E-state index contributed by atoms with van der Waals surface area (Å²) >= 11 is 0. The molecule has 0 N–H and O–H groups in total. The lowest BCUT2D eigenvalue weighted by Gasteiger charge is -2.29. The summed E-state index contributed by atoms with van der Waals surface area (Å²) in [5.41, 5.74) is 0.444. The lowest BCUT2D eigenvalue weighted by molar-refractivity contribution is -0.131. The van der Waals surface area contributed by atoms with Gasteiger partial charge in [-0.3, -0.25) is 9.59 Å². The molecule has 4 rings (SSSR count). The second-order valence-electron chi connectivity index (χ2n) is 9.37. The number of nitrogens with zero attached hydrogens (tertiary/aromatic N) is 3. The summed E-state index contributed by atoms with van der Waals surface area (Å²) in [7, 11) is -3.60. The number of likely N-dealkylation sites (tertiary alicyclic amines) is 1. The number of amides is 2. The van der Waals surface area contributed by atoms with Crippen LogP contribution in [0.1, 0.15) is 52.0 Å². The first-order valence-electron chi connectivity index (χ1n) is 10.9. The number of piperidine rings is 1.